The molecule has 0 N–H and O–H groups in total. The summed E-state index contributed by atoms with van der Waals surface area (Å²) in [4.78, 5) is 4.44. The summed E-state index contributed by atoms with van der Waals surface area (Å²) in [6.45, 7) is 7.60. The van der Waals surface area contributed by atoms with E-state index in [9.17, 15) is 0 Å². The van der Waals surface area contributed by atoms with Crippen molar-refractivity contribution in [1.29, 1.82) is 0 Å². The van der Waals surface area contributed by atoms with Crippen LogP contribution in [0.2, 0.25) is 0 Å². The molecule has 0 spiro atoms. The third-order valence-corrected chi connectivity index (χ3v) is 3.85. The molecule has 0 aliphatic carbocycles. The van der Waals surface area contributed by atoms with Crippen molar-refractivity contribution in [2.75, 3.05) is 0 Å². The zero-order valence-electron chi connectivity index (χ0n) is 13.2. The van der Waals surface area contributed by atoms with E-state index < -0.39 is 0 Å². The Morgan fingerprint density at radius 2 is 1.37 bits per heavy atom. The molecule has 0 aliphatic heterocycles. The average Bonchev–Trinajstić information content (AvgIpc) is 2.70. The van der Waals surface area contributed by atoms with Crippen LogP contribution in [0, 0.1) is 13.8 Å². The standard InChI is InChI=1S/C17H32N2/c1-4-5-6-7-8-9-10-11-12-13-14-19-15-16(2)18-17(19)3/h15H,4-14H2,1-3H3. The van der Waals surface area contributed by atoms with Crippen molar-refractivity contribution in [2.24, 2.45) is 0 Å². The molecule has 1 heterocycles. The van der Waals surface area contributed by atoms with Gasteiger partial charge in [-0.1, -0.05) is 64.7 Å². The van der Waals surface area contributed by atoms with E-state index in [4.69, 9.17) is 0 Å². The van der Waals surface area contributed by atoms with Crippen LogP contribution >= 0.6 is 0 Å². The first-order chi connectivity index (χ1) is 9.24. The highest BCUT2D eigenvalue weighted by atomic mass is 15.1. The summed E-state index contributed by atoms with van der Waals surface area (Å²) in [5.41, 5.74) is 1.14. The molecule has 2 nitrogen and oxygen atoms in total. The number of aryl methyl sites for hydroxylation is 3. The monoisotopic (exact) mass is 264 g/mol. The highest BCUT2D eigenvalue weighted by Gasteiger charge is 1.99. The van der Waals surface area contributed by atoms with Gasteiger partial charge in [-0.15, -0.1) is 0 Å². The maximum atomic E-state index is 4.44. The van der Waals surface area contributed by atoms with Crippen LogP contribution in [0.3, 0.4) is 0 Å². The van der Waals surface area contributed by atoms with E-state index in [1.807, 2.05) is 0 Å². The van der Waals surface area contributed by atoms with Gasteiger partial charge < -0.3 is 4.57 Å². The second kappa shape index (κ2) is 10.1. The van der Waals surface area contributed by atoms with Crippen LogP contribution in [0.5, 0.6) is 0 Å². The summed E-state index contributed by atoms with van der Waals surface area (Å²) in [6.07, 6.45) is 16.2. The summed E-state index contributed by atoms with van der Waals surface area (Å²) < 4.78 is 2.29. The average molecular weight is 264 g/mol. The van der Waals surface area contributed by atoms with Gasteiger partial charge in [-0.2, -0.15) is 0 Å². The van der Waals surface area contributed by atoms with Crippen LogP contribution in [0.15, 0.2) is 6.20 Å². The summed E-state index contributed by atoms with van der Waals surface area (Å²) in [5, 5.41) is 0. The van der Waals surface area contributed by atoms with Crippen LogP contribution in [0.4, 0.5) is 0 Å². The third-order valence-electron chi connectivity index (χ3n) is 3.85. The van der Waals surface area contributed by atoms with E-state index >= 15 is 0 Å². The molecule has 110 valence electrons. The normalized spacial score (nSPS) is 11.1. The lowest BCUT2D eigenvalue weighted by molar-refractivity contribution is 0.531. The number of aromatic nitrogens is 2. The first kappa shape index (κ1) is 16.3. The summed E-state index contributed by atoms with van der Waals surface area (Å²) in [5.74, 6) is 1.16. The molecule has 2 heteroatoms. The van der Waals surface area contributed by atoms with Crippen LogP contribution in [0.25, 0.3) is 0 Å². The predicted molar refractivity (Wildman–Crippen MR) is 83.5 cm³/mol. The van der Waals surface area contributed by atoms with E-state index in [1.165, 1.54) is 64.2 Å². The Hall–Kier alpha value is -0.790. The van der Waals surface area contributed by atoms with E-state index in [0.29, 0.717) is 0 Å². The minimum atomic E-state index is 1.14. The van der Waals surface area contributed by atoms with Gasteiger partial charge in [-0.3, -0.25) is 0 Å². The Balaban J connectivity index is 1.90. The summed E-state index contributed by atoms with van der Waals surface area (Å²) in [7, 11) is 0. The highest BCUT2D eigenvalue weighted by Crippen LogP contribution is 2.11. The Kier molecular flexibility index (Phi) is 8.61. The van der Waals surface area contributed by atoms with Crippen molar-refractivity contribution in [3.05, 3.63) is 17.7 Å². The molecule has 19 heavy (non-hydrogen) atoms. The van der Waals surface area contributed by atoms with Gasteiger partial charge in [-0.05, 0) is 20.3 Å². The lowest BCUT2D eigenvalue weighted by Gasteiger charge is -2.05. The van der Waals surface area contributed by atoms with E-state index in [0.717, 1.165) is 18.1 Å². The fourth-order valence-corrected chi connectivity index (χ4v) is 2.66. The molecule has 0 aromatic carbocycles. The molecule has 0 unspecified atom stereocenters. The Morgan fingerprint density at radius 3 is 1.84 bits per heavy atom. The second-order valence-corrected chi connectivity index (χ2v) is 5.80. The van der Waals surface area contributed by atoms with Crippen molar-refractivity contribution < 1.29 is 0 Å². The van der Waals surface area contributed by atoms with E-state index in [-0.39, 0.29) is 0 Å². The Bertz CT molecular complexity index is 328. The van der Waals surface area contributed by atoms with Crippen molar-refractivity contribution in [1.82, 2.24) is 9.55 Å². The molecule has 0 fully saturated rings. The largest absolute Gasteiger partial charge is 0.335 e. The maximum Gasteiger partial charge on any atom is 0.105 e. The number of nitrogens with zero attached hydrogens (tertiary/aromatic N) is 2. The molecule has 0 saturated heterocycles. The first-order valence-electron chi connectivity index (χ1n) is 8.24. The second-order valence-electron chi connectivity index (χ2n) is 5.80. The SMILES string of the molecule is CCCCCCCCCCCCn1cc(C)nc1C. The van der Waals surface area contributed by atoms with Gasteiger partial charge in [0, 0.05) is 12.7 Å². The Morgan fingerprint density at radius 1 is 0.842 bits per heavy atom. The molecule has 0 saturated carbocycles. The fraction of sp³-hybridized carbons (Fsp3) is 0.824. The van der Waals surface area contributed by atoms with Crippen LogP contribution in [-0.4, -0.2) is 9.55 Å². The van der Waals surface area contributed by atoms with Gasteiger partial charge in [-0.25, -0.2) is 4.98 Å². The predicted octanol–water partition coefficient (Wildman–Crippen LogP) is 5.42. The van der Waals surface area contributed by atoms with Gasteiger partial charge >= 0.3 is 0 Å². The molecule has 0 atom stereocenters. The lowest BCUT2D eigenvalue weighted by Crippen LogP contribution is -1.98. The molecule has 1 aromatic heterocycles. The Labute approximate surface area is 119 Å². The molecule has 1 rings (SSSR count). The van der Waals surface area contributed by atoms with Crippen LogP contribution in [0.1, 0.15) is 82.7 Å². The van der Waals surface area contributed by atoms with Crippen molar-refractivity contribution in [3.8, 4) is 0 Å². The minimum absolute atomic E-state index is 1.14. The van der Waals surface area contributed by atoms with Crippen molar-refractivity contribution >= 4 is 0 Å². The number of unbranched alkanes of at least 4 members (excludes halogenated alkanes) is 9. The maximum absolute atomic E-state index is 4.44. The number of hydrogen-bond donors (Lipinski definition) is 0. The van der Waals surface area contributed by atoms with E-state index in [2.05, 4.69) is 36.5 Å². The van der Waals surface area contributed by atoms with Crippen molar-refractivity contribution in [2.45, 2.75) is 91.5 Å². The van der Waals surface area contributed by atoms with Gasteiger partial charge in [0.1, 0.15) is 5.82 Å². The minimum Gasteiger partial charge on any atom is -0.335 e. The number of rotatable bonds is 11. The molecule has 0 aliphatic rings. The van der Waals surface area contributed by atoms with Gasteiger partial charge in [0.25, 0.3) is 0 Å². The zero-order valence-corrected chi connectivity index (χ0v) is 13.2. The molecular formula is C17H32N2. The fourth-order valence-electron chi connectivity index (χ4n) is 2.66. The number of imidazole rings is 1. The molecule has 0 bridgehead atoms. The van der Waals surface area contributed by atoms with Crippen LogP contribution in [-0.2, 0) is 6.54 Å². The topological polar surface area (TPSA) is 17.8 Å². The molecule has 0 amide bonds. The van der Waals surface area contributed by atoms with Gasteiger partial charge in [0.15, 0.2) is 0 Å². The zero-order chi connectivity index (χ0) is 13.9. The molecule has 1 aromatic rings. The number of hydrogen-bond acceptors (Lipinski definition) is 1. The quantitative estimate of drug-likeness (QED) is 0.488. The summed E-state index contributed by atoms with van der Waals surface area (Å²) in [6, 6.07) is 0. The van der Waals surface area contributed by atoms with Crippen LogP contribution < -0.4 is 0 Å². The van der Waals surface area contributed by atoms with Gasteiger partial charge in [0.05, 0.1) is 5.69 Å². The smallest absolute Gasteiger partial charge is 0.105 e. The first-order valence-corrected chi connectivity index (χ1v) is 8.24. The highest BCUT2D eigenvalue weighted by molar-refractivity contribution is 4.99. The lowest BCUT2D eigenvalue weighted by atomic mass is 10.1. The van der Waals surface area contributed by atoms with Gasteiger partial charge in [0.2, 0.25) is 0 Å². The summed E-state index contributed by atoms with van der Waals surface area (Å²) >= 11 is 0. The van der Waals surface area contributed by atoms with E-state index in [1.54, 1.807) is 0 Å². The third kappa shape index (κ3) is 7.39. The van der Waals surface area contributed by atoms with Crippen molar-refractivity contribution in [3.63, 3.8) is 0 Å². The molecule has 0 radical (unpaired) electrons. The molecular weight excluding hydrogens is 232 g/mol.